The Hall–Kier alpha value is -0.0100. The van der Waals surface area contributed by atoms with Crippen LogP contribution in [-0.2, 0) is 0 Å². The monoisotopic (exact) mass is 147 g/mol. The number of rotatable bonds is 2. The minimum absolute atomic E-state index is 0. The zero-order valence-electron chi connectivity index (χ0n) is 5.76. The summed E-state index contributed by atoms with van der Waals surface area (Å²) in [5.41, 5.74) is 6.85. The summed E-state index contributed by atoms with van der Waals surface area (Å²) in [6.45, 7) is 5.79. The Bertz CT molecular complexity index is 107. The van der Waals surface area contributed by atoms with Gasteiger partial charge in [0.25, 0.3) is 0 Å². The van der Waals surface area contributed by atoms with Gasteiger partial charge in [0.15, 0.2) is 0 Å². The normalized spacial score (nSPS) is 20.2. The van der Waals surface area contributed by atoms with Crippen LogP contribution in [0.2, 0.25) is 0 Å². The van der Waals surface area contributed by atoms with Crippen LogP contribution >= 0.6 is 12.4 Å². The molecular weight excluding hydrogens is 134 g/mol. The second kappa shape index (κ2) is 3.23. The second-order valence-electron chi connectivity index (χ2n) is 2.71. The molecule has 0 aromatic heterocycles. The van der Waals surface area contributed by atoms with Crippen molar-refractivity contribution in [3.8, 4) is 0 Å². The van der Waals surface area contributed by atoms with E-state index in [4.69, 9.17) is 5.73 Å². The van der Waals surface area contributed by atoms with Crippen molar-refractivity contribution in [3.63, 3.8) is 0 Å². The van der Waals surface area contributed by atoms with Gasteiger partial charge in [0.1, 0.15) is 0 Å². The SMILES string of the molecule is C=C(C)C(N)C1CC1.Cl. The summed E-state index contributed by atoms with van der Waals surface area (Å²) in [7, 11) is 0. The molecule has 9 heavy (non-hydrogen) atoms. The molecule has 0 radical (unpaired) electrons. The molecule has 1 nitrogen and oxygen atoms in total. The van der Waals surface area contributed by atoms with Crippen molar-refractivity contribution in [2.45, 2.75) is 25.8 Å². The Labute approximate surface area is 62.7 Å². The van der Waals surface area contributed by atoms with E-state index >= 15 is 0 Å². The van der Waals surface area contributed by atoms with Crippen LogP contribution in [-0.4, -0.2) is 6.04 Å². The van der Waals surface area contributed by atoms with E-state index in [0.29, 0.717) is 0 Å². The highest BCUT2D eigenvalue weighted by atomic mass is 35.5. The van der Waals surface area contributed by atoms with Crippen LogP contribution in [0.5, 0.6) is 0 Å². The Kier molecular flexibility index (Phi) is 3.23. The maximum absolute atomic E-state index is 5.72. The smallest absolute Gasteiger partial charge is 0.0276 e. The summed E-state index contributed by atoms with van der Waals surface area (Å²) < 4.78 is 0. The molecule has 1 aliphatic rings. The Morgan fingerprint density at radius 3 is 2.22 bits per heavy atom. The highest BCUT2D eigenvalue weighted by Gasteiger charge is 2.28. The third-order valence-corrected chi connectivity index (χ3v) is 1.70. The first kappa shape index (κ1) is 8.99. The highest BCUT2D eigenvalue weighted by molar-refractivity contribution is 5.85. The second-order valence-corrected chi connectivity index (χ2v) is 2.71. The third-order valence-electron chi connectivity index (χ3n) is 1.70. The van der Waals surface area contributed by atoms with Gasteiger partial charge < -0.3 is 5.73 Å². The molecule has 0 saturated heterocycles. The molecule has 0 aromatic carbocycles. The molecule has 1 aliphatic carbocycles. The lowest BCUT2D eigenvalue weighted by atomic mass is 10.1. The van der Waals surface area contributed by atoms with E-state index in [2.05, 4.69) is 6.58 Å². The molecule has 0 bridgehead atoms. The van der Waals surface area contributed by atoms with Crippen molar-refractivity contribution in [1.82, 2.24) is 0 Å². The van der Waals surface area contributed by atoms with Crippen molar-refractivity contribution < 1.29 is 0 Å². The molecule has 0 heterocycles. The van der Waals surface area contributed by atoms with Crippen LogP contribution in [0.15, 0.2) is 12.2 Å². The number of hydrogen-bond acceptors (Lipinski definition) is 1. The van der Waals surface area contributed by atoms with E-state index in [1.54, 1.807) is 0 Å². The van der Waals surface area contributed by atoms with Gasteiger partial charge in [-0.15, -0.1) is 12.4 Å². The van der Waals surface area contributed by atoms with Gasteiger partial charge in [0, 0.05) is 6.04 Å². The predicted octanol–water partition coefficient (Wildman–Crippen LogP) is 1.72. The van der Waals surface area contributed by atoms with Gasteiger partial charge in [-0.1, -0.05) is 12.2 Å². The quantitative estimate of drug-likeness (QED) is 0.592. The predicted molar refractivity (Wildman–Crippen MR) is 42.8 cm³/mol. The van der Waals surface area contributed by atoms with Crippen molar-refractivity contribution in [2.24, 2.45) is 11.7 Å². The van der Waals surface area contributed by atoms with Crippen molar-refractivity contribution in [1.29, 1.82) is 0 Å². The molecule has 0 aliphatic heterocycles. The lowest BCUT2D eigenvalue weighted by molar-refractivity contribution is 0.676. The molecule has 1 rings (SSSR count). The molecule has 1 saturated carbocycles. The lowest BCUT2D eigenvalue weighted by Crippen LogP contribution is -2.22. The molecular formula is C7H14ClN. The fraction of sp³-hybridized carbons (Fsp3) is 0.714. The van der Waals surface area contributed by atoms with Gasteiger partial charge in [0.05, 0.1) is 0 Å². The van der Waals surface area contributed by atoms with Gasteiger partial charge in [-0.25, -0.2) is 0 Å². The van der Waals surface area contributed by atoms with Crippen LogP contribution in [0.1, 0.15) is 19.8 Å². The highest BCUT2D eigenvalue weighted by Crippen LogP contribution is 2.33. The van der Waals surface area contributed by atoms with Gasteiger partial charge in [-0.2, -0.15) is 0 Å². The van der Waals surface area contributed by atoms with Crippen molar-refractivity contribution in [3.05, 3.63) is 12.2 Å². The van der Waals surface area contributed by atoms with Crippen LogP contribution < -0.4 is 5.73 Å². The first-order chi connectivity index (χ1) is 3.72. The fourth-order valence-electron chi connectivity index (χ4n) is 0.858. The summed E-state index contributed by atoms with van der Waals surface area (Å²) in [6.07, 6.45) is 2.63. The summed E-state index contributed by atoms with van der Waals surface area (Å²) in [6, 6.07) is 0.287. The van der Waals surface area contributed by atoms with E-state index in [9.17, 15) is 0 Å². The molecule has 1 fully saturated rings. The van der Waals surface area contributed by atoms with Crippen LogP contribution in [0.4, 0.5) is 0 Å². The van der Waals surface area contributed by atoms with E-state index in [1.807, 2.05) is 6.92 Å². The summed E-state index contributed by atoms with van der Waals surface area (Å²) in [5.74, 6) is 0.771. The van der Waals surface area contributed by atoms with E-state index in [1.165, 1.54) is 12.8 Å². The first-order valence-corrected chi connectivity index (χ1v) is 3.13. The van der Waals surface area contributed by atoms with Crippen molar-refractivity contribution in [2.75, 3.05) is 0 Å². The van der Waals surface area contributed by atoms with Crippen LogP contribution in [0.25, 0.3) is 0 Å². The number of hydrogen-bond donors (Lipinski definition) is 1. The molecule has 0 amide bonds. The molecule has 54 valence electrons. The first-order valence-electron chi connectivity index (χ1n) is 3.13. The maximum Gasteiger partial charge on any atom is 0.0276 e. The molecule has 0 spiro atoms. The Balaban J connectivity index is 0.000000640. The Morgan fingerprint density at radius 2 is 2.11 bits per heavy atom. The molecule has 1 unspecified atom stereocenters. The minimum atomic E-state index is 0. The molecule has 2 N–H and O–H groups in total. The van der Waals surface area contributed by atoms with Gasteiger partial charge in [-0.3, -0.25) is 0 Å². The van der Waals surface area contributed by atoms with E-state index < -0.39 is 0 Å². The largest absolute Gasteiger partial charge is 0.324 e. The maximum atomic E-state index is 5.72. The third kappa shape index (κ3) is 2.37. The molecule has 0 aromatic rings. The van der Waals surface area contributed by atoms with Gasteiger partial charge >= 0.3 is 0 Å². The zero-order chi connectivity index (χ0) is 6.15. The summed E-state index contributed by atoms with van der Waals surface area (Å²) >= 11 is 0. The topological polar surface area (TPSA) is 26.0 Å². The van der Waals surface area contributed by atoms with E-state index in [0.717, 1.165) is 11.5 Å². The van der Waals surface area contributed by atoms with Gasteiger partial charge in [0.2, 0.25) is 0 Å². The summed E-state index contributed by atoms with van der Waals surface area (Å²) in [5, 5.41) is 0. The Morgan fingerprint density at radius 1 is 1.67 bits per heavy atom. The van der Waals surface area contributed by atoms with Crippen LogP contribution in [0, 0.1) is 5.92 Å². The lowest BCUT2D eigenvalue weighted by Gasteiger charge is -2.07. The summed E-state index contributed by atoms with van der Waals surface area (Å²) in [4.78, 5) is 0. The molecule has 2 heteroatoms. The zero-order valence-corrected chi connectivity index (χ0v) is 6.58. The number of nitrogens with two attached hydrogens (primary N) is 1. The number of halogens is 1. The van der Waals surface area contributed by atoms with Gasteiger partial charge in [-0.05, 0) is 25.7 Å². The van der Waals surface area contributed by atoms with Crippen LogP contribution in [0.3, 0.4) is 0 Å². The van der Waals surface area contributed by atoms with E-state index in [-0.39, 0.29) is 18.4 Å². The fourth-order valence-corrected chi connectivity index (χ4v) is 0.858. The average Bonchev–Trinajstić information content (AvgIpc) is 2.43. The van der Waals surface area contributed by atoms with Crippen molar-refractivity contribution >= 4 is 12.4 Å². The minimum Gasteiger partial charge on any atom is -0.324 e. The standard InChI is InChI=1S/C7H13N.ClH/c1-5(2)7(8)6-3-4-6;/h6-7H,1,3-4,8H2,2H3;1H. The average molecular weight is 148 g/mol. The molecule has 1 atom stereocenters.